The first kappa shape index (κ1) is 23.2. The van der Waals surface area contributed by atoms with Crippen molar-refractivity contribution < 1.29 is 19.1 Å². The van der Waals surface area contributed by atoms with Crippen LogP contribution < -0.4 is 9.64 Å². The van der Waals surface area contributed by atoms with E-state index in [4.69, 9.17) is 14.5 Å². The molecule has 0 spiro atoms. The van der Waals surface area contributed by atoms with Gasteiger partial charge in [0.05, 0.1) is 48.3 Å². The summed E-state index contributed by atoms with van der Waals surface area (Å²) in [5.41, 5.74) is 3.36. The molecule has 2 aliphatic rings. The molecule has 2 aromatic heterocycles. The number of anilines is 1. The standard InChI is InChI=1S/C28H27N5O4/c1-2-33-26-21(17-29-33)20(16-22(30-26)19-8-4-3-5-9-19)27(34)32-18-25(28(35)31-12-14-36-15-13-31)37-24-11-7-6-10-23(24)32/h3-11,16-17,25H,2,12-15,18H2,1H3. The van der Waals surface area contributed by atoms with Gasteiger partial charge in [-0.2, -0.15) is 5.10 Å². The third kappa shape index (κ3) is 4.21. The number of nitrogens with zero attached hydrogens (tertiary/aromatic N) is 5. The average molecular weight is 498 g/mol. The lowest BCUT2D eigenvalue weighted by atomic mass is 10.0. The molecule has 1 saturated heterocycles. The van der Waals surface area contributed by atoms with Gasteiger partial charge in [0.15, 0.2) is 11.8 Å². The van der Waals surface area contributed by atoms with Gasteiger partial charge in [-0.3, -0.25) is 9.59 Å². The van der Waals surface area contributed by atoms with Crippen molar-refractivity contribution in [3.05, 3.63) is 72.4 Å². The second-order valence-corrected chi connectivity index (χ2v) is 9.05. The van der Waals surface area contributed by atoms with Crippen LogP contribution in [0.15, 0.2) is 66.9 Å². The summed E-state index contributed by atoms with van der Waals surface area (Å²) in [6.45, 7) is 4.74. The van der Waals surface area contributed by atoms with Crippen LogP contribution in [0.25, 0.3) is 22.3 Å². The van der Waals surface area contributed by atoms with Gasteiger partial charge >= 0.3 is 0 Å². The maximum atomic E-state index is 14.3. The minimum absolute atomic E-state index is 0.110. The van der Waals surface area contributed by atoms with E-state index >= 15 is 0 Å². The Kier molecular flexibility index (Phi) is 6.05. The van der Waals surface area contributed by atoms with Gasteiger partial charge in [0.1, 0.15) is 5.75 Å². The Morgan fingerprint density at radius 3 is 2.57 bits per heavy atom. The molecule has 0 N–H and O–H groups in total. The van der Waals surface area contributed by atoms with E-state index < -0.39 is 6.10 Å². The van der Waals surface area contributed by atoms with Crippen molar-refractivity contribution >= 4 is 28.5 Å². The molecule has 2 amide bonds. The van der Waals surface area contributed by atoms with Crippen LogP contribution in [0.2, 0.25) is 0 Å². The number of para-hydroxylation sites is 2. The van der Waals surface area contributed by atoms with Gasteiger partial charge in [0, 0.05) is 25.2 Å². The first-order valence-electron chi connectivity index (χ1n) is 12.5. The van der Waals surface area contributed by atoms with E-state index in [0.29, 0.717) is 66.6 Å². The Balaban J connectivity index is 1.43. The van der Waals surface area contributed by atoms with Gasteiger partial charge in [-0.1, -0.05) is 42.5 Å². The molecular weight excluding hydrogens is 470 g/mol. The van der Waals surface area contributed by atoms with Crippen molar-refractivity contribution in [3.8, 4) is 17.0 Å². The summed E-state index contributed by atoms with van der Waals surface area (Å²) in [6, 6.07) is 18.9. The van der Waals surface area contributed by atoms with Crippen LogP contribution in [0.4, 0.5) is 5.69 Å². The molecule has 0 radical (unpaired) electrons. The van der Waals surface area contributed by atoms with Gasteiger partial charge in [0.25, 0.3) is 11.8 Å². The van der Waals surface area contributed by atoms with E-state index in [0.717, 1.165) is 5.56 Å². The van der Waals surface area contributed by atoms with Crippen LogP contribution in [0.1, 0.15) is 17.3 Å². The van der Waals surface area contributed by atoms with Crippen molar-refractivity contribution in [2.75, 3.05) is 37.7 Å². The van der Waals surface area contributed by atoms with E-state index in [9.17, 15) is 9.59 Å². The zero-order valence-corrected chi connectivity index (χ0v) is 20.5. The highest BCUT2D eigenvalue weighted by Crippen LogP contribution is 2.36. The fourth-order valence-electron chi connectivity index (χ4n) is 4.90. The average Bonchev–Trinajstić information content (AvgIpc) is 3.39. The van der Waals surface area contributed by atoms with Gasteiger partial charge in [-0.25, -0.2) is 9.67 Å². The fourth-order valence-corrected chi connectivity index (χ4v) is 4.90. The summed E-state index contributed by atoms with van der Waals surface area (Å²) >= 11 is 0. The summed E-state index contributed by atoms with van der Waals surface area (Å²) in [7, 11) is 0. The molecule has 1 fully saturated rings. The molecule has 188 valence electrons. The van der Waals surface area contributed by atoms with E-state index in [2.05, 4.69) is 5.10 Å². The lowest BCUT2D eigenvalue weighted by Gasteiger charge is -2.37. The zero-order valence-electron chi connectivity index (χ0n) is 20.5. The Morgan fingerprint density at radius 2 is 1.78 bits per heavy atom. The van der Waals surface area contributed by atoms with Crippen molar-refractivity contribution in [1.82, 2.24) is 19.7 Å². The summed E-state index contributed by atoms with van der Waals surface area (Å²) in [6.07, 6.45) is 0.887. The highest BCUT2D eigenvalue weighted by Gasteiger charge is 2.37. The molecule has 2 aromatic carbocycles. The predicted molar refractivity (Wildman–Crippen MR) is 139 cm³/mol. The highest BCUT2D eigenvalue weighted by molar-refractivity contribution is 6.15. The molecule has 9 heteroatoms. The number of amides is 2. The number of rotatable bonds is 4. The topological polar surface area (TPSA) is 89.8 Å². The fraction of sp³-hybridized carbons (Fsp3) is 0.286. The van der Waals surface area contributed by atoms with Crippen molar-refractivity contribution in [3.63, 3.8) is 0 Å². The number of ether oxygens (including phenoxy) is 2. The lowest BCUT2D eigenvalue weighted by molar-refractivity contribution is -0.142. The lowest BCUT2D eigenvalue weighted by Crippen LogP contribution is -2.54. The molecule has 6 rings (SSSR count). The SMILES string of the molecule is CCn1ncc2c(C(=O)N3CC(C(=O)N4CCOCC4)Oc4ccccc43)cc(-c3ccccc3)nc21. The predicted octanol–water partition coefficient (Wildman–Crippen LogP) is 3.38. The first-order chi connectivity index (χ1) is 18.1. The van der Waals surface area contributed by atoms with Gasteiger partial charge in [-0.15, -0.1) is 0 Å². The quantitative estimate of drug-likeness (QED) is 0.430. The maximum Gasteiger partial charge on any atom is 0.265 e. The van der Waals surface area contributed by atoms with Gasteiger partial charge in [0.2, 0.25) is 0 Å². The summed E-state index contributed by atoms with van der Waals surface area (Å²) in [5, 5.41) is 5.14. The van der Waals surface area contributed by atoms with Gasteiger partial charge in [-0.05, 0) is 25.1 Å². The molecule has 1 atom stereocenters. The Hall–Kier alpha value is -4.24. The van der Waals surface area contributed by atoms with Crippen LogP contribution in [0, 0.1) is 0 Å². The number of morpholine rings is 1. The third-order valence-electron chi connectivity index (χ3n) is 6.83. The minimum Gasteiger partial charge on any atom is -0.476 e. The number of hydrogen-bond acceptors (Lipinski definition) is 6. The van der Waals surface area contributed by atoms with Crippen LogP contribution in [0.3, 0.4) is 0 Å². The van der Waals surface area contributed by atoms with Gasteiger partial charge < -0.3 is 19.3 Å². The number of hydrogen-bond donors (Lipinski definition) is 0. The number of benzene rings is 2. The second kappa shape index (κ2) is 9.67. The van der Waals surface area contributed by atoms with E-state index in [1.165, 1.54) is 0 Å². The first-order valence-corrected chi connectivity index (χ1v) is 12.5. The van der Waals surface area contributed by atoms with E-state index in [1.54, 1.807) is 26.7 Å². The molecule has 0 bridgehead atoms. The van der Waals surface area contributed by atoms with E-state index in [-0.39, 0.29) is 18.4 Å². The van der Waals surface area contributed by atoms with Crippen LogP contribution in [-0.4, -0.2) is 70.4 Å². The summed E-state index contributed by atoms with van der Waals surface area (Å²) in [4.78, 5) is 35.8. The number of carbonyl (C=O) groups is 2. The number of fused-ring (bicyclic) bond motifs is 2. The van der Waals surface area contributed by atoms with Crippen molar-refractivity contribution in [2.24, 2.45) is 0 Å². The smallest absolute Gasteiger partial charge is 0.265 e. The number of aromatic nitrogens is 3. The summed E-state index contributed by atoms with van der Waals surface area (Å²) in [5.74, 6) is 0.140. The number of pyridine rings is 1. The molecule has 4 heterocycles. The Labute approximate surface area is 214 Å². The molecule has 2 aliphatic heterocycles. The highest BCUT2D eigenvalue weighted by atomic mass is 16.5. The second-order valence-electron chi connectivity index (χ2n) is 9.05. The van der Waals surface area contributed by atoms with Crippen molar-refractivity contribution in [2.45, 2.75) is 19.6 Å². The molecule has 37 heavy (non-hydrogen) atoms. The molecule has 9 nitrogen and oxygen atoms in total. The third-order valence-corrected chi connectivity index (χ3v) is 6.83. The normalized spacial score (nSPS) is 17.4. The summed E-state index contributed by atoms with van der Waals surface area (Å²) < 4.78 is 13.3. The van der Waals surface area contributed by atoms with E-state index in [1.807, 2.05) is 61.5 Å². The van der Waals surface area contributed by atoms with Crippen LogP contribution in [-0.2, 0) is 16.1 Å². The largest absolute Gasteiger partial charge is 0.476 e. The molecule has 4 aromatic rings. The monoisotopic (exact) mass is 497 g/mol. The van der Waals surface area contributed by atoms with Crippen LogP contribution >= 0.6 is 0 Å². The minimum atomic E-state index is -0.804. The van der Waals surface area contributed by atoms with Crippen molar-refractivity contribution in [1.29, 1.82) is 0 Å². The molecule has 0 aliphatic carbocycles. The Morgan fingerprint density at radius 1 is 1.03 bits per heavy atom. The zero-order chi connectivity index (χ0) is 25.4. The number of aryl methyl sites for hydroxylation is 1. The maximum absolute atomic E-state index is 14.3. The molecular formula is C28H27N5O4. The van der Waals surface area contributed by atoms with Crippen LogP contribution in [0.5, 0.6) is 5.75 Å². The molecule has 1 unspecified atom stereocenters. The number of carbonyl (C=O) groups excluding carboxylic acids is 2. The Bertz CT molecular complexity index is 1460. The molecule has 0 saturated carbocycles.